The molecule has 0 spiro atoms. The number of hydrogen-bond donors (Lipinski definition) is 1. The summed E-state index contributed by atoms with van der Waals surface area (Å²) in [6, 6.07) is 8.30. The second-order valence-corrected chi connectivity index (χ2v) is 6.40. The molecule has 2 rings (SSSR count). The third kappa shape index (κ3) is 4.07. The van der Waals surface area contributed by atoms with Crippen LogP contribution < -0.4 is 10.6 Å². The highest BCUT2D eigenvalue weighted by molar-refractivity contribution is 5.94. The molecule has 1 amide bonds. The van der Waals surface area contributed by atoms with E-state index < -0.39 is 0 Å². The molecule has 0 fully saturated rings. The van der Waals surface area contributed by atoms with Crippen molar-refractivity contribution in [1.82, 2.24) is 0 Å². The summed E-state index contributed by atoms with van der Waals surface area (Å²) >= 11 is 0. The molecule has 1 aliphatic rings. The van der Waals surface area contributed by atoms with Crippen LogP contribution in [0, 0.1) is 11.8 Å². The van der Waals surface area contributed by atoms with Crippen molar-refractivity contribution in [2.75, 3.05) is 18.0 Å². The van der Waals surface area contributed by atoms with Gasteiger partial charge in [0.2, 0.25) is 5.91 Å². The van der Waals surface area contributed by atoms with E-state index >= 15 is 0 Å². The van der Waals surface area contributed by atoms with E-state index in [-0.39, 0.29) is 5.91 Å². The molecule has 1 aromatic rings. The van der Waals surface area contributed by atoms with E-state index in [2.05, 4.69) is 32.0 Å². The molecule has 1 aliphatic heterocycles. The van der Waals surface area contributed by atoms with Gasteiger partial charge in [0.05, 0.1) is 0 Å². The van der Waals surface area contributed by atoms with Crippen molar-refractivity contribution in [3.05, 3.63) is 29.8 Å². The minimum atomic E-state index is 0.268. The van der Waals surface area contributed by atoms with Crippen LogP contribution in [-0.4, -0.2) is 19.0 Å². The molecule has 3 nitrogen and oxygen atoms in total. The van der Waals surface area contributed by atoms with E-state index in [1.165, 1.54) is 5.56 Å². The lowest BCUT2D eigenvalue weighted by Gasteiger charge is -2.30. The largest absolute Gasteiger partial charge is 0.330 e. The molecule has 1 unspecified atom stereocenters. The highest BCUT2D eigenvalue weighted by Gasteiger charge is 2.23. The summed E-state index contributed by atoms with van der Waals surface area (Å²) in [6.07, 6.45) is 4.76. The topological polar surface area (TPSA) is 46.3 Å². The van der Waals surface area contributed by atoms with Gasteiger partial charge in [0, 0.05) is 18.7 Å². The van der Waals surface area contributed by atoms with Crippen molar-refractivity contribution >= 4 is 11.6 Å². The van der Waals surface area contributed by atoms with Gasteiger partial charge < -0.3 is 10.6 Å². The van der Waals surface area contributed by atoms with Crippen LogP contribution in [0.25, 0.3) is 0 Å². The monoisotopic (exact) mass is 288 g/mol. The first kappa shape index (κ1) is 16.0. The summed E-state index contributed by atoms with van der Waals surface area (Å²) in [6.45, 7) is 6.02. The lowest BCUT2D eigenvalue weighted by atomic mass is 9.88. The van der Waals surface area contributed by atoms with Crippen molar-refractivity contribution in [3.8, 4) is 0 Å². The average Bonchev–Trinajstić information content (AvgIpc) is 2.50. The van der Waals surface area contributed by atoms with Crippen molar-refractivity contribution in [1.29, 1.82) is 0 Å². The Hall–Kier alpha value is -1.35. The minimum absolute atomic E-state index is 0.268. The Morgan fingerprint density at radius 1 is 1.29 bits per heavy atom. The van der Waals surface area contributed by atoms with Crippen LogP contribution in [-0.2, 0) is 11.2 Å². The lowest BCUT2D eigenvalue weighted by molar-refractivity contribution is -0.119. The standard InChI is InChI=1S/C18H28N2O/c1-14(2)15(11-12-19)9-10-18(21)20-13-5-7-16-6-3-4-8-17(16)20/h3-4,6,8,14-15H,5,7,9-13,19H2,1-2H3. The maximum Gasteiger partial charge on any atom is 0.226 e. The highest BCUT2D eigenvalue weighted by atomic mass is 16.2. The number of para-hydroxylation sites is 1. The van der Waals surface area contributed by atoms with Crippen LogP contribution in [0.5, 0.6) is 0 Å². The van der Waals surface area contributed by atoms with Gasteiger partial charge in [-0.2, -0.15) is 0 Å². The average molecular weight is 288 g/mol. The van der Waals surface area contributed by atoms with Gasteiger partial charge in [-0.15, -0.1) is 0 Å². The molecular weight excluding hydrogens is 260 g/mol. The fourth-order valence-electron chi connectivity index (χ4n) is 3.26. The Morgan fingerprint density at radius 2 is 2.05 bits per heavy atom. The summed E-state index contributed by atoms with van der Waals surface area (Å²) < 4.78 is 0. The number of amides is 1. The maximum atomic E-state index is 12.6. The van der Waals surface area contributed by atoms with Crippen molar-refractivity contribution < 1.29 is 4.79 Å². The first-order valence-corrected chi connectivity index (χ1v) is 8.21. The van der Waals surface area contributed by atoms with E-state index in [0.29, 0.717) is 24.8 Å². The van der Waals surface area contributed by atoms with E-state index in [0.717, 1.165) is 37.9 Å². The van der Waals surface area contributed by atoms with Crippen LogP contribution in [0.15, 0.2) is 24.3 Å². The summed E-state index contributed by atoms with van der Waals surface area (Å²) in [5.74, 6) is 1.42. The molecule has 0 bridgehead atoms. The van der Waals surface area contributed by atoms with Gasteiger partial charge in [0.25, 0.3) is 0 Å². The molecule has 0 saturated heterocycles. The maximum absolute atomic E-state index is 12.6. The number of anilines is 1. The Kier molecular flexibility index (Phi) is 5.80. The molecule has 21 heavy (non-hydrogen) atoms. The van der Waals surface area contributed by atoms with Crippen molar-refractivity contribution in [2.45, 2.75) is 46.0 Å². The Morgan fingerprint density at radius 3 is 2.76 bits per heavy atom. The zero-order valence-electron chi connectivity index (χ0n) is 13.3. The quantitative estimate of drug-likeness (QED) is 0.872. The third-order valence-corrected chi connectivity index (χ3v) is 4.62. The molecule has 1 heterocycles. The van der Waals surface area contributed by atoms with Crippen LogP contribution in [0.3, 0.4) is 0 Å². The van der Waals surface area contributed by atoms with Crippen LogP contribution in [0.1, 0.15) is 45.1 Å². The highest BCUT2D eigenvalue weighted by Crippen LogP contribution is 2.28. The number of carbonyl (C=O) groups is 1. The lowest BCUT2D eigenvalue weighted by Crippen LogP contribution is -2.35. The fraction of sp³-hybridized carbons (Fsp3) is 0.611. The van der Waals surface area contributed by atoms with Crippen molar-refractivity contribution in [2.24, 2.45) is 17.6 Å². The fourth-order valence-corrected chi connectivity index (χ4v) is 3.26. The van der Waals surface area contributed by atoms with Crippen LogP contribution in [0.4, 0.5) is 5.69 Å². The number of nitrogens with two attached hydrogens (primary N) is 1. The molecular formula is C18H28N2O. The first-order valence-electron chi connectivity index (χ1n) is 8.21. The third-order valence-electron chi connectivity index (χ3n) is 4.62. The molecule has 2 N–H and O–H groups in total. The van der Waals surface area contributed by atoms with Gasteiger partial charge in [-0.3, -0.25) is 4.79 Å². The summed E-state index contributed by atoms with van der Waals surface area (Å²) in [5.41, 5.74) is 8.11. The molecule has 0 aromatic heterocycles. The van der Waals surface area contributed by atoms with Crippen LogP contribution in [0.2, 0.25) is 0 Å². The zero-order chi connectivity index (χ0) is 15.2. The van der Waals surface area contributed by atoms with Gasteiger partial charge in [0.1, 0.15) is 0 Å². The smallest absolute Gasteiger partial charge is 0.226 e. The van der Waals surface area contributed by atoms with E-state index in [1.54, 1.807) is 0 Å². The van der Waals surface area contributed by atoms with Crippen LogP contribution >= 0.6 is 0 Å². The number of benzene rings is 1. The molecule has 0 aliphatic carbocycles. The van der Waals surface area contributed by atoms with Gasteiger partial charge in [-0.1, -0.05) is 32.0 Å². The summed E-state index contributed by atoms with van der Waals surface area (Å²) in [5, 5.41) is 0. The van der Waals surface area contributed by atoms with Gasteiger partial charge in [0.15, 0.2) is 0 Å². The number of nitrogens with zero attached hydrogens (tertiary/aromatic N) is 1. The minimum Gasteiger partial charge on any atom is -0.330 e. The Bertz CT molecular complexity index is 470. The number of aryl methyl sites for hydroxylation is 1. The van der Waals surface area contributed by atoms with Gasteiger partial charge in [-0.05, 0) is 55.7 Å². The molecule has 116 valence electrons. The summed E-state index contributed by atoms with van der Waals surface area (Å²) in [7, 11) is 0. The predicted molar refractivity (Wildman–Crippen MR) is 88.3 cm³/mol. The number of hydrogen-bond acceptors (Lipinski definition) is 2. The Labute approximate surface area is 128 Å². The molecule has 0 radical (unpaired) electrons. The summed E-state index contributed by atoms with van der Waals surface area (Å²) in [4.78, 5) is 14.6. The number of rotatable bonds is 6. The van der Waals surface area contributed by atoms with Gasteiger partial charge in [-0.25, -0.2) is 0 Å². The van der Waals surface area contributed by atoms with Crippen molar-refractivity contribution in [3.63, 3.8) is 0 Å². The number of fused-ring (bicyclic) bond motifs is 1. The van der Waals surface area contributed by atoms with E-state index in [9.17, 15) is 4.79 Å². The zero-order valence-corrected chi connectivity index (χ0v) is 13.3. The number of carbonyl (C=O) groups excluding carboxylic acids is 1. The van der Waals surface area contributed by atoms with E-state index in [1.807, 2.05) is 11.0 Å². The molecule has 1 atom stereocenters. The molecule has 1 aromatic carbocycles. The molecule has 3 heteroatoms. The SMILES string of the molecule is CC(C)C(CCN)CCC(=O)N1CCCc2ccccc21. The second-order valence-electron chi connectivity index (χ2n) is 6.40. The first-order chi connectivity index (χ1) is 10.1. The second kappa shape index (κ2) is 7.60. The molecule has 0 saturated carbocycles. The van der Waals surface area contributed by atoms with Gasteiger partial charge >= 0.3 is 0 Å². The Balaban J connectivity index is 1.98. The van der Waals surface area contributed by atoms with E-state index in [4.69, 9.17) is 5.73 Å². The normalized spacial score (nSPS) is 15.9. The predicted octanol–water partition coefficient (Wildman–Crippen LogP) is 3.37.